The summed E-state index contributed by atoms with van der Waals surface area (Å²) in [5.41, 5.74) is -0.185. The largest absolute Gasteiger partial charge is 0.379 e. The molecule has 1 aliphatic carbocycles. The minimum absolute atomic E-state index is 0.185. The molecule has 0 aromatic heterocycles. The Morgan fingerprint density at radius 3 is 2.29 bits per heavy atom. The Morgan fingerprint density at radius 1 is 1.24 bits per heavy atom. The fourth-order valence-electron chi connectivity index (χ4n) is 3.27. The van der Waals surface area contributed by atoms with Crippen molar-refractivity contribution in [1.82, 2.24) is 4.90 Å². The van der Waals surface area contributed by atoms with Crippen LogP contribution in [0.3, 0.4) is 0 Å². The summed E-state index contributed by atoms with van der Waals surface area (Å²) in [4.78, 5) is 2.37. The van der Waals surface area contributed by atoms with Gasteiger partial charge in [0.2, 0.25) is 0 Å². The predicted molar refractivity (Wildman–Crippen MR) is 67.5 cm³/mol. The van der Waals surface area contributed by atoms with Gasteiger partial charge in [0.15, 0.2) is 0 Å². The molecule has 2 aliphatic rings. The number of nitriles is 1. The molecule has 0 amide bonds. The Labute approximate surface area is 105 Å². The molecule has 0 radical (unpaired) electrons. The van der Waals surface area contributed by atoms with Crippen molar-refractivity contribution in [2.75, 3.05) is 26.3 Å². The number of ether oxygens (including phenoxy) is 1. The molecular weight excluding hydrogens is 212 g/mol. The van der Waals surface area contributed by atoms with E-state index in [1.165, 1.54) is 12.8 Å². The molecule has 3 nitrogen and oxygen atoms in total. The first kappa shape index (κ1) is 12.9. The number of hydrogen-bond acceptors (Lipinski definition) is 3. The lowest BCUT2D eigenvalue weighted by Crippen LogP contribution is -2.54. The highest BCUT2D eigenvalue weighted by molar-refractivity contribution is 5.11. The molecule has 0 aromatic rings. The second-order valence-electron chi connectivity index (χ2n) is 5.82. The Kier molecular flexibility index (Phi) is 4.06. The quantitative estimate of drug-likeness (QED) is 0.739. The molecule has 1 saturated carbocycles. The maximum atomic E-state index is 9.59. The van der Waals surface area contributed by atoms with Gasteiger partial charge in [-0.15, -0.1) is 0 Å². The van der Waals surface area contributed by atoms with Gasteiger partial charge in [-0.3, -0.25) is 4.90 Å². The van der Waals surface area contributed by atoms with Crippen molar-refractivity contribution in [1.29, 1.82) is 5.26 Å². The fourth-order valence-corrected chi connectivity index (χ4v) is 3.27. The normalized spacial score (nSPS) is 35.8. The third-order valence-electron chi connectivity index (χ3n) is 4.62. The topological polar surface area (TPSA) is 36.3 Å². The zero-order valence-electron chi connectivity index (χ0n) is 11.1. The Balaban J connectivity index is 2.00. The van der Waals surface area contributed by atoms with E-state index >= 15 is 0 Å². The van der Waals surface area contributed by atoms with Crippen molar-refractivity contribution in [3.8, 4) is 6.07 Å². The predicted octanol–water partition coefficient (Wildman–Crippen LogP) is 2.43. The van der Waals surface area contributed by atoms with Crippen LogP contribution in [0.25, 0.3) is 0 Å². The minimum Gasteiger partial charge on any atom is -0.379 e. The van der Waals surface area contributed by atoms with Gasteiger partial charge in [-0.1, -0.05) is 13.8 Å². The van der Waals surface area contributed by atoms with Gasteiger partial charge in [0.1, 0.15) is 5.54 Å². The summed E-state index contributed by atoms with van der Waals surface area (Å²) >= 11 is 0. The van der Waals surface area contributed by atoms with Crippen LogP contribution in [0.15, 0.2) is 0 Å². The van der Waals surface area contributed by atoms with Crippen LogP contribution in [-0.4, -0.2) is 36.7 Å². The van der Waals surface area contributed by atoms with Crippen molar-refractivity contribution in [3.63, 3.8) is 0 Å². The second kappa shape index (κ2) is 5.37. The van der Waals surface area contributed by atoms with Crippen molar-refractivity contribution in [2.24, 2.45) is 11.8 Å². The van der Waals surface area contributed by atoms with Crippen molar-refractivity contribution < 1.29 is 4.74 Å². The third-order valence-corrected chi connectivity index (χ3v) is 4.62. The summed E-state index contributed by atoms with van der Waals surface area (Å²) in [6.45, 7) is 8.05. The Bertz CT molecular complexity index is 281. The van der Waals surface area contributed by atoms with Gasteiger partial charge in [-0.2, -0.15) is 5.26 Å². The number of rotatable bonds is 2. The van der Waals surface area contributed by atoms with Gasteiger partial charge >= 0.3 is 0 Å². The molecule has 17 heavy (non-hydrogen) atoms. The summed E-state index contributed by atoms with van der Waals surface area (Å²) < 4.78 is 5.39. The fraction of sp³-hybridized carbons (Fsp3) is 0.929. The van der Waals surface area contributed by atoms with Crippen LogP contribution < -0.4 is 0 Å². The number of morpholine rings is 1. The third kappa shape index (κ3) is 2.64. The zero-order valence-corrected chi connectivity index (χ0v) is 11.1. The van der Waals surface area contributed by atoms with E-state index in [1.807, 2.05) is 0 Å². The van der Waals surface area contributed by atoms with Crippen LogP contribution in [0.5, 0.6) is 0 Å². The van der Waals surface area contributed by atoms with E-state index in [9.17, 15) is 5.26 Å². The maximum absolute atomic E-state index is 9.59. The van der Waals surface area contributed by atoms with Gasteiger partial charge in [0, 0.05) is 13.1 Å². The smallest absolute Gasteiger partial charge is 0.109 e. The Morgan fingerprint density at radius 2 is 1.82 bits per heavy atom. The van der Waals surface area contributed by atoms with Gasteiger partial charge in [0.05, 0.1) is 19.3 Å². The summed E-state index contributed by atoms with van der Waals surface area (Å²) in [5, 5.41) is 9.59. The SMILES string of the molecule is CC(C)C1CCC(C#N)(N2CCOCC2)CC1. The minimum atomic E-state index is -0.185. The summed E-state index contributed by atoms with van der Waals surface area (Å²) in [7, 11) is 0. The molecule has 0 N–H and O–H groups in total. The van der Waals surface area contributed by atoms with E-state index in [0.29, 0.717) is 0 Å². The van der Waals surface area contributed by atoms with E-state index in [0.717, 1.165) is 51.0 Å². The lowest BCUT2D eigenvalue weighted by molar-refractivity contribution is -0.0219. The lowest BCUT2D eigenvalue weighted by atomic mass is 9.72. The summed E-state index contributed by atoms with van der Waals surface area (Å²) in [6, 6.07) is 2.62. The molecule has 2 rings (SSSR count). The summed E-state index contributed by atoms with van der Waals surface area (Å²) in [5.74, 6) is 1.58. The van der Waals surface area contributed by atoms with Crippen LogP contribution in [0.1, 0.15) is 39.5 Å². The Hall–Kier alpha value is -0.590. The molecule has 0 atom stereocenters. The van der Waals surface area contributed by atoms with Gasteiger partial charge < -0.3 is 4.74 Å². The van der Waals surface area contributed by atoms with E-state index in [2.05, 4.69) is 24.8 Å². The van der Waals surface area contributed by atoms with Crippen LogP contribution in [0, 0.1) is 23.2 Å². The van der Waals surface area contributed by atoms with E-state index in [-0.39, 0.29) is 5.54 Å². The standard InChI is InChI=1S/C14H24N2O/c1-12(2)13-3-5-14(11-15,6-4-13)16-7-9-17-10-8-16/h12-13H,3-10H2,1-2H3. The molecule has 0 unspecified atom stereocenters. The summed E-state index contributed by atoms with van der Waals surface area (Å²) in [6.07, 6.45) is 4.52. The average molecular weight is 236 g/mol. The molecule has 0 aromatic carbocycles. The first-order valence-electron chi connectivity index (χ1n) is 6.92. The van der Waals surface area contributed by atoms with Crippen LogP contribution in [0.4, 0.5) is 0 Å². The average Bonchev–Trinajstić information content (AvgIpc) is 2.40. The molecule has 96 valence electrons. The van der Waals surface area contributed by atoms with Gasteiger partial charge in [0.25, 0.3) is 0 Å². The molecular formula is C14H24N2O. The number of hydrogen-bond donors (Lipinski definition) is 0. The first-order chi connectivity index (χ1) is 8.18. The molecule has 1 saturated heterocycles. The highest BCUT2D eigenvalue weighted by atomic mass is 16.5. The van der Waals surface area contributed by atoms with E-state index < -0.39 is 0 Å². The van der Waals surface area contributed by atoms with Crippen LogP contribution >= 0.6 is 0 Å². The first-order valence-corrected chi connectivity index (χ1v) is 6.92. The second-order valence-corrected chi connectivity index (χ2v) is 5.82. The van der Waals surface area contributed by atoms with Crippen molar-refractivity contribution in [2.45, 2.75) is 45.1 Å². The van der Waals surface area contributed by atoms with Crippen LogP contribution in [0.2, 0.25) is 0 Å². The lowest BCUT2D eigenvalue weighted by Gasteiger charge is -2.45. The molecule has 1 heterocycles. The van der Waals surface area contributed by atoms with E-state index in [1.54, 1.807) is 0 Å². The zero-order chi connectivity index (χ0) is 12.3. The van der Waals surface area contributed by atoms with E-state index in [4.69, 9.17) is 4.74 Å². The van der Waals surface area contributed by atoms with Gasteiger partial charge in [-0.05, 0) is 37.5 Å². The van der Waals surface area contributed by atoms with Crippen molar-refractivity contribution in [3.05, 3.63) is 0 Å². The maximum Gasteiger partial charge on any atom is 0.109 e. The molecule has 1 aliphatic heterocycles. The van der Waals surface area contributed by atoms with Gasteiger partial charge in [-0.25, -0.2) is 0 Å². The highest BCUT2D eigenvalue weighted by Crippen LogP contribution is 2.39. The molecule has 2 fully saturated rings. The number of nitrogens with zero attached hydrogens (tertiary/aromatic N) is 2. The molecule has 0 spiro atoms. The van der Waals surface area contributed by atoms with Crippen molar-refractivity contribution >= 4 is 0 Å². The molecule has 0 bridgehead atoms. The van der Waals surface area contributed by atoms with Crippen LogP contribution in [-0.2, 0) is 4.74 Å². The monoisotopic (exact) mass is 236 g/mol. The molecule has 3 heteroatoms. The highest BCUT2D eigenvalue weighted by Gasteiger charge is 2.41.